The van der Waals surface area contributed by atoms with Gasteiger partial charge in [0.25, 0.3) is 0 Å². The molecule has 1 aromatic rings. The van der Waals surface area contributed by atoms with Crippen LogP contribution in [0, 0.1) is 0 Å². The summed E-state index contributed by atoms with van der Waals surface area (Å²) >= 11 is 0. The molecule has 0 aromatic heterocycles. The van der Waals surface area contributed by atoms with Crippen molar-refractivity contribution in [2.24, 2.45) is 0 Å². The molecule has 0 saturated heterocycles. The van der Waals surface area contributed by atoms with E-state index in [2.05, 4.69) is 35.1 Å². The van der Waals surface area contributed by atoms with E-state index in [9.17, 15) is 9.59 Å². The van der Waals surface area contributed by atoms with Crippen molar-refractivity contribution in [1.29, 1.82) is 0 Å². The largest absolute Gasteiger partial charge is 0.469 e. The van der Waals surface area contributed by atoms with E-state index in [4.69, 9.17) is 4.79 Å². The third kappa shape index (κ3) is 18.2. The predicted molar refractivity (Wildman–Crippen MR) is 103 cm³/mol. The molecular weight excluding hydrogens is 316 g/mol. The van der Waals surface area contributed by atoms with E-state index in [0.717, 1.165) is 25.0 Å². The van der Waals surface area contributed by atoms with Gasteiger partial charge in [-0.3, -0.25) is 4.79 Å². The molecule has 0 atom stereocenters. The van der Waals surface area contributed by atoms with E-state index in [1.165, 1.54) is 32.4 Å². The van der Waals surface area contributed by atoms with Gasteiger partial charge in [-0.1, -0.05) is 44.2 Å². The summed E-state index contributed by atoms with van der Waals surface area (Å²) in [5.41, 5.74) is 1.53. The number of ether oxygens (including phenoxy) is 1. The van der Waals surface area contributed by atoms with Crippen LogP contribution in [0.2, 0.25) is 0 Å². The van der Waals surface area contributed by atoms with Gasteiger partial charge in [-0.25, -0.2) is 0 Å². The lowest BCUT2D eigenvalue weighted by Crippen LogP contribution is -2.00. The molecule has 1 saturated carbocycles. The quantitative estimate of drug-likeness (QED) is 0.406. The van der Waals surface area contributed by atoms with E-state index in [1.807, 2.05) is 13.8 Å². The third-order valence-electron chi connectivity index (χ3n) is 3.24. The Hall–Kier alpha value is -1.97. The maximum Gasteiger partial charge on any atom is 0.305 e. The van der Waals surface area contributed by atoms with Gasteiger partial charge in [0.05, 0.1) is 7.11 Å². The van der Waals surface area contributed by atoms with Crippen LogP contribution in [-0.2, 0) is 19.1 Å². The van der Waals surface area contributed by atoms with Crippen molar-refractivity contribution in [3.63, 3.8) is 0 Å². The van der Waals surface area contributed by atoms with Crippen LogP contribution in [0.3, 0.4) is 0 Å². The maximum atomic E-state index is 10.5. The molecule has 0 spiro atoms. The number of benzene rings is 1. The van der Waals surface area contributed by atoms with Crippen molar-refractivity contribution in [1.82, 2.24) is 0 Å². The number of rotatable bonds is 6. The second-order valence-corrected chi connectivity index (χ2v) is 5.41. The number of ketones is 1. The Kier molecular flexibility index (Phi) is 18.6. The van der Waals surface area contributed by atoms with Crippen LogP contribution in [0.25, 0.3) is 0 Å². The van der Waals surface area contributed by atoms with Crippen LogP contribution < -0.4 is 0 Å². The van der Waals surface area contributed by atoms with Gasteiger partial charge in [0.1, 0.15) is 12.1 Å². The first-order valence-electron chi connectivity index (χ1n) is 9.06. The number of carbonyl (C=O) groups is 3. The Labute approximate surface area is 153 Å². The predicted octanol–water partition coefficient (Wildman–Crippen LogP) is 5.10. The highest BCUT2D eigenvalue weighted by Gasteiger charge is 2.22. The van der Waals surface area contributed by atoms with Gasteiger partial charge in [-0.2, -0.15) is 0 Å². The Morgan fingerprint density at radius 2 is 1.56 bits per heavy atom. The number of hydrogen-bond acceptors (Lipinski definition) is 4. The van der Waals surface area contributed by atoms with Crippen LogP contribution in [0.5, 0.6) is 0 Å². The lowest BCUT2D eigenvalue weighted by atomic mass is 10.1. The van der Waals surface area contributed by atoms with Gasteiger partial charge in [-0.05, 0) is 51.0 Å². The maximum absolute atomic E-state index is 10.5. The molecule has 25 heavy (non-hydrogen) atoms. The number of hydrogen-bond donors (Lipinski definition) is 0. The van der Waals surface area contributed by atoms with Crippen LogP contribution in [0.1, 0.15) is 77.7 Å². The monoisotopic (exact) mass is 350 g/mol. The van der Waals surface area contributed by atoms with E-state index in [0.29, 0.717) is 12.8 Å². The van der Waals surface area contributed by atoms with Crippen molar-refractivity contribution >= 4 is 18.0 Å². The molecule has 0 heterocycles. The first-order valence-corrected chi connectivity index (χ1v) is 9.06. The molecule has 0 radical (unpaired) electrons. The standard InChI is InChI=1S/C9H10.C8H14O3.C2H4O.C2H6/c1-2-4-8(5-3-1)9-6-7-9;1-7(9)5-3-4-6-8(10)11-2;1-2-3;1-2/h1-5,9H,6-7H2;3-6H2,1-2H3;2H,1H3;1-2H3. The molecule has 1 aromatic carbocycles. The molecule has 2 rings (SSSR count). The van der Waals surface area contributed by atoms with Gasteiger partial charge in [-0.15, -0.1) is 0 Å². The topological polar surface area (TPSA) is 60.4 Å². The minimum absolute atomic E-state index is 0.176. The Bertz CT molecular complexity index is 450. The molecular formula is C21H34O4. The van der Waals surface area contributed by atoms with Crippen molar-refractivity contribution in [2.45, 2.75) is 72.1 Å². The minimum atomic E-state index is -0.200. The molecule has 0 unspecified atom stereocenters. The van der Waals surface area contributed by atoms with Gasteiger partial charge < -0.3 is 14.3 Å². The SMILES string of the molecule is CC.CC=O.COC(=O)CCCCC(C)=O.c1ccc(C2CC2)cc1. The fraction of sp³-hybridized carbons (Fsp3) is 0.571. The van der Waals surface area contributed by atoms with E-state index in [1.54, 1.807) is 6.92 Å². The first kappa shape index (κ1) is 25.3. The first-order chi connectivity index (χ1) is 12.0. The third-order valence-corrected chi connectivity index (χ3v) is 3.24. The number of unbranched alkanes of at least 4 members (excludes halogenated alkanes) is 1. The summed E-state index contributed by atoms with van der Waals surface area (Å²) in [6.07, 6.45) is 6.07. The van der Waals surface area contributed by atoms with Crippen LogP contribution in [0.15, 0.2) is 30.3 Å². The fourth-order valence-electron chi connectivity index (χ4n) is 1.89. The number of carbonyl (C=O) groups excluding carboxylic acids is 3. The molecule has 142 valence electrons. The summed E-state index contributed by atoms with van der Waals surface area (Å²) in [4.78, 5) is 29.8. The fourth-order valence-corrected chi connectivity index (χ4v) is 1.89. The Balaban J connectivity index is 0. The second-order valence-electron chi connectivity index (χ2n) is 5.41. The Morgan fingerprint density at radius 3 is 1.96 bits per heavy atom. The molecule has 0 N–H and O–H groups in total. The lowest BCUT2D eigenvalue weighted by Gasteiger charge is -1.97. The molecule has 1 fully saturated rings. The summed E-state index contributed by atoms with van der Waals surface area (Å²) in [7, 11) is 1.37. The van der Waals surface area contributed by atoms with Crippen molar-refractivity contribution in [2.75, 3.05) is 7.11 Å². The van der Waals surface area contributed by atoms with Crippen LogP contribution >= 0.6 is 0 Å². The van der Waals surface area contributed by atoms with Crippen LogP contribution in [0.4, 0.5) is 0 Å². The highest BCUT2D eigenvalue weighted by atomic mass is 16.5. The average molecular weight is 350 g/mol. The summed E-state index contributed by atoms with van der Waals surface area (Å²) in [6.45, 7) is 7.00. The van der Waals surface area contributed by atoms with Gasteiger partial charge in [0.15, 0.2) is 0 Å². The van der Waals surface area contributed by atoms with E-state index in [-0.39, 0.29) is 11.8 Å². The Morgan fingerprint density at radius 1 is 1.08 bits per heavy atom. The molecule has 1 aliphatic carbocycles. The average Bonchev–Trinajstić information content (AvgIpc) is 3.47. The number of esters is 1. The molecule has 1 aliphatic rings. The normalized spacial score (nSPS) is 11.2. The number of Topliss-reactive ketones (excluding diaryl/α,β-unsaturated/α-hetero) is 1. The van der Waals surface area contributed by atoms with E-state index < -0.39 is 0 Å². The molecule has 0 aliphatic heterocycles. The van der Waals surface area contributed by atoms with Gasteiger partial charge in [0.2, 0.25) is 0 Å². The van der Waals surface area contributed by atoms with Gasteiger partial charge in [0, 0.05) is 12.8 Å². The summed E-state index contributed by atoms with van der Waals surface area (Å²) < 4.78 is 4.43. The molecule has 4 nitrogen and oxygen atoms in total. The number of methoxy groups -OCH3 is 1. The molecule has 4 heteroatoms. The zero-order chi connectivity index (χ0) is 19.5. The van der Waals surface area contributed by atoms with Gasteiger partial charge >= 0.3 is 5.97 Å². The van der Waals surface area contributed by atoms with Crippen molar-refractivity contribution in [3.8, 4) is 0 Å². The lowest BCUT2D eigenvalue weighted by molar-refractivity contribution is -0.140. The second kappa shape index (κ2) is 18.4. The smallest absolute Gasteiger partial charge is 0.305 e. The minimum Gasteiger partial charge on any atom is -0.469 e. The summed E-state index contributed by atoms with van der Waals surface area (Å²) in [5, 5.41) is 0. The number of aldehydes is 1. The summed E-state index contributed by atoms with van der Waals surface area (Å²) in [5.74, 6) is 0.884. The van der Waals surface area contributed by atoms with E-state index >= 15 is 0 Å². The van der Waals surface area contributed by atoms with Crippen molar-refractivity contribution in [3.05, 3.63) is 35.9 Å². The van der Waals surface area contributed by atoms with Crippen molar-refractivity contribution < 1.29 is 19.1 Å². The zero-order valence-corrected chi connectivity index (χ0v) is 16.4. The zero-order valence-electron chi connectivity index (χ0n) is 16.4. The highest BCUT2D eigenvalue weighted by Crippen LogP contribution is 2.39. The highest BCUT2D eigenvalue weighted by molar-refractivity contribution is 5.75. The molecule has 0 amide bonds. The summed E-state index contributed by atoms with van der Waals surface area (Å²) in [6, 6.07) is 10.8. The van der Waals surface area contributed by atoms with Crippen LogP contribution in [-0.4, -0.2) is 25.1 Å². The molecule has 0 bridgehead atoms.